The molecule has 0 heterocycles. The zero-order valence-electron chi connectivity index (χ0n) is 8.88. The zero-order valence-corrected chi connectivity index (χ0v) is 8.88. The Morgan fingerprint density at radius 1 is 1.35 bits per heavy atom. The van der Waals surface area contributed by atoms with Crippen LogP contribution in [0.4, 0.5) is 23.2 Å². The molecule has 0 saturated heterocycles. The molecule has 0 atom stereocenters. The highest BCUT2D eigenvalue weighted by molar-refractivity contribution is 5.99. The largest absolute Gasteiger partial charge is 0.398 e. The van der Waals surface area contributed by atoms with Gasteiger partial charge in [-0.2, -0.15) is 0 Å². The second-order valence-corrected chi connectivity index (χ2v) is 3.43. The van der Waals surface area contributed by atoms with Gasteiger partial charge in [0.1, 0.15) is 0 Å². The van der Waals surface area contributed by atoms with Crippen molar-refractivity contribution in [3.05, 3.63) is 29.3 Å². The van der Waals surface area contributed by atoms with Gasteiger partial charge in [0.05, 0.1) is 12.1 Å². The molecule has 0 spiro atoms. The Morgan fingerprint density at radius 3 is 2.41 bits per heavy atom. The lowest BCUT2D eigenvalue weighted by Crippen LogP contribution is -2.31. The summed E-state index contributed by atoms with van der Waals surface area (Å²) in [5.41, 5.74) is 4.68. The van der Waals surface area contributed by atoms with Crippen molar-refractivity contribution in [2.45, 2.75) is 6.43 Å². The standard InChI is InChI=1S/C10H10F4N2O/c1-16(4-9(13)14)10(17)5-2-6(11)7(12)3-8(5)15/h2-3,9H,4,15H2,1H3. The molecule has 0 bridgehead atoms. The van der Waals surface area contributed by atoms with Crippen molar-refractivity contribution in [3.63, 3.8) is 0 Å². The summed E-state index contributed by atoms with van der Waals surface area (Å²) in [7, 11) is 1.12. The van der Waals surface area contributed by atoms with Gasteiger partial charge in [0, 0.05) is 18.8 Å². The van der Waals surface area contributed by atoms with Crippen molar-refractivity contribution in [2.75, 3.05) is 19.3 Å². The van der Waals surface area contributed by atoms with Gasteiger partial charge >= 0.3 is 0 Å². The third-order valence-corrected chi connectivity index (χ3v) is 2.08. The molecular formula is C10H10F4N2O. The molecule has 1 amide bonds. The van der Waals surface area contributed by atoms with E-state index in [2.05, 4.69) is 0 Å². The summed E-state index contributed by atoms with van der Waals surface area (Å²) in [6, 6.07) is 1.23. The maximum atomic E-state index is 12.9. The van der Waals surface area contributed by atoms with Gasteiger partial charge < -0.3 is 10.6 Å². The maximum Gasteiger partial charge on any atom is 0.255 e. The normalized spacial score (nSPS) is 10.7. The number of hydrogen-bond donors (Lipinski definition) is 1. The Morgan fingerprint density at radius 2 is 1.88 bits per heavy atom. The number of halogens is 4. The number of carbonyl (C=O) groups is 1. The summed E-state index contributed by atoms with van der Waals surface area (Å²) < 4.78 is 49.7. The minimum atomic E-state index is -2.71. The number of alkyl halides is 2. The molecule has 0 saturated carbocycles. The quantitative estimate of drug-likeness (QED) is 0.657. The van der Waals surface area contributed by atoms with Gasteiger partial charge in [-0.1, -0.05) is 0 Å². The SMILES string of the molecule is CN(CC(F)F)C(=O)c1cc(F)c(F)cc1N. The Kier molecular flexibility index (Phi) is 3.93. The van der Waals surface area contributed by atoms with Crippen molar-refractivity contribution < 1.29 is 22.4 Å². The first-order valence-corrected chi connectivity index (χ1v) is 4.61. The molecule has 0 aliphatic rings. The number of carbonyl (C=O) groups excluding carboxylic acids is 1. The van der Waals surface area contributed by atoms with Crippen LogP contribution >= 0.6 is 0 Å². The minimum absolute atomic E-state index is 0.296. The van der Waals surface area contributed by atoms with E-state index in [4.69, 9.17) is 5.73 Å². The number of nitrogen functional groups attached to an aromatic ring is 1. The molecule has 94 valence electrons. The van der Waals surface area contributed by atoms with Crippen molar-refractivity contribution in [1.29, 1.82) is 0 Å². The monoisotopic (exact) mass is 250 g/mol. The molecule has 0 radical (unpaired) electrons. The second-order valence-electron chi connectivity index (χ2n) is 3.43. The number of amides is 1. The van der Waals surface area contributed by atoms with Gasteiger partial charge in [-0.15, -0.1) is 0 Å². The fourth-order valence-electron chi connectivity index (χ4n) is 1.24. The summed E-state index contributed by atoms with van der Waals surface area (Å²) in [6.07, 6.45) is -2.71. The molecule has 0 aliphatic carbocycles. The summed E-state index contributed by atoms with van der Waals surface area (Å²) in [5, 5.41) is 0. The molecule has 1 aromatic carbocycles. The Hall–Kier alpha value is -1.79. The van der Waals surface area contributed by atoms with Crippen LogP contribution < -0.4 is 5.73 Å². The van der Waals surface area contributed by atoms with Crippen molar-refractivity contribution in [3.8, 4) is 0 Å². The van der Waals surface area contributed by atoms with Crippen LogP contribution in [0.2, 0.25) is 0 Å². The maximum absolute atomic E-state index is 12.9. The minimum Gasteiger partial charge on any atom is -0.398 e. The molecule has 0 unspecified atom stereocenters. The predicted octanol–water partition coefficient (Wildman–Crippen LogP) is 1.88. The first-order chi connectivity index (χ1) is 7.82. The summed E-state index contributed by atoms with van der Waals surface area (Å²) in [4.78, 5) is 12.3. The number of nitrogens with zero attached hydrogens (tertiary/aromatic N) is 1. The van der Waals surface area contributed by atoms with E-state index in [0.29, 0.717) is 17.0 Å². The lowest BCUT2D eigenvalue weighted by molar-refractivity contribution is 0.0620. The van der Waals surface area contributed by atoms with E-state index in [9.17, 15) is 22.4 Å². The number of hydrogen-bond acceptors (Lipinski definition) is 2. The lowest BCUT2D eigenvalue weighted by Gasteiger charge is -2.17. The van der Waals surface area contributed by atoms with Gasteiger partial charge in [-0.25, -0.2) is 17.6 Å². The van der Waals surface area contributed by atoms with E-state index in [-0.39, 0.29) is 11.3 Å². The highest BCUT2D eigenvalue weighted by atomic mass is 19.3. The Labute approximate surface area is 94.8 Å². The van der Waals surface area contributed by atoms with Crippen LogP contribution in [0.5, 0.6) is 0 Å². The van der Waals surface area contributed by atoms with Crippen LogP contribution in [-0.4, -0.2) is 30.8 Å². The van der Waals surface area contributed by atoms with Crippen molar-refractivity contribution in [2.24, 2.45) is 0 Å². The number of nitrogens with two attached hydrogens (primary N) is 1. The van der Waals surface area contributed by atoms with Crippen molar-refractivity contribution >= 4 is 11.6 Å². The van der Waals surface area contributed by atoms with E-state index in [1.807, 2.05) is 0 Å². The smallest absolute Gasteiger partial charge is 0.255 e. The third kappa shape index (κ3) is 3.08. The van der Waals surface area contributed by atoms with Gasteiger partial charge in [-0.3, -0.25) is 4.79 Å². The van der Waals surface area contributed by atoms with Gasteiger partial charge in [0.2, 0.25) is 0 Å². The van der Waals surface area contributed by atoms with E-state index in [1.54, 1.807) is 0 Å². The fraction of sp³-hybridized carbons (Fsp3) is 0.300. The van der Waals surface area contributed by atoms with Crippen LogP contribution in [0, 0.1) is 11.6 Å². The first kappa shape index (κ1) is 13.3. The zero-order chi connectivity index (χ0) is 13.2. The van der Waals surface area contributed by atoms with Crippen LogP contribution in [0.3, 0.4) is 0 Å². The van der Waals surface area contributed by atoms with Gasteiger partial charge in [0.15, 0.2) is 11.6 Å². The molecule has 0 aliphatic heterocycles. The molecule has 7 heteroatoms. The van der Waals surface area contributed by atoms with E-state index in [0.717, 1.165) is 7.05 Å². The summed E-state index contributed by atoms with van der Waals surface area (Å²) >= 11 is 0. The van der Waals surface area contributed by atoms with Gasteiger partial charge in [-0.05, 0) is 6.07 Å². The fourth-order valence-corrected chi connectivity index (χ4v) is 1.24. The highest BCUT2D eigenvalue weighted by Gasteiger charge is 2.20. The molecule has 0 fully saturated rings. The first-order valence-electron chi connectivity index (χ1n) is 4.61. The molecule has 3 nitrogen and oxygen atoms in total. The van der Waals surface area contributed by atoms with Crippen LogP contribution in [0.1, 0.15) is 10.4 Å². The second kappa shape index (κ2) is 5.03. The Bertz CT molecular complexity index is 437. The van der Waals surface area contributed by atoms with Crippen LogP contribution in [-0.2, 0) is 0 Å². The average Bonchev–Trinajstić information content (AvgIpc) is 2.21. The van der Waals surface area contributed by atoms with Crippen LogP contribution in [0.25, 0.3) is 0 Å². The topological polar surface area (TPSA) is 46.3 Å². The Balaban J connectivity index is 3.00. The van der Waals surface area contributed by atoms with E-state index in [1.165, 1.54) is 0 Å². The van der Waals surface area contributed by atoms with Gasteiger partial charge in [0.25, 0.3) is 12.3 Å². The van der Waals surface area contributed by atoms with E-state index < -0.39 is 30.5 Å². The average molecular weight is 250 g/mol. The lowest BCUT2D eigenvalue weighted by atomic mass is 10.1. The molecule has 0 aromatic heterocycles. The molecule has 1 aromatic rings. The summed E-state index contributed by atoms with van der Waals surface area (Å²) in [5.74, 6) is -3.34. The molecule has 17 heavy (non-hydrogen) atoms. The molecular weight excluding hydrogens is 240 g/mol. The van der Waals surface area contributed by atoms with Crippen LogP contribution in [0.15, 0.2) is 12.1 Å². The number of benzene rings is 1. The van der Waals surface area contributed by atoms with Crippen molar-refractivity contribution in [1.82, 2.24) is 4.90 Å². The third-order valence-electron chi connectivity index (χ3n) is 2.08. The predicted molar refractivity (Wildman–Crippen MR) is 53.7 cm³/mol. The summed E-state index contributed by atoms with van der Waals surface area (Å²) in [6.45, 7) is -0.808. The molecule has 1 rings (SSSR count). The number of rotatable bonds is 3. The molecule has 2 N–H and O–H groups in total. The highest BCUT2D eigenvalue weighted by Crippen LogP contribution is 2.18. The van der Waals surface area contributed by atoms with E-state index >= 15 is 0 Å². The number of anilines is 1.